The smallest absolute Gasteiger partial charge is 0.164 e. The first-order chi connectivity index (χ1) is 14.7. The molecule has 2 aromatic heterocycles. The third kappa shape index (κ3) is 3.48. The molecular formula is C23H24N6O. The maximum Gasteiger partial charge on any atom is 0.164 e. The van der Waals surface area contributed by atoms with Gasteiger partial charge >= 0.3 is 0 Å². The number of benzene rings is 2. The summed E-state index contributed by atoms with van der Waals surface area (Å²) in [6, 6.07) is 18.1. The van der Waals surface area contributed by atoms with Gasteiger partial charge in [-0.3, -0.25) is 0 Å². The molecule has 0 atom stereocenters. The van der Waals surface area contributed by atoms with Crippen molar-refractivity contribution >= 4 is 16.9 Å². The predicted molar refractivity (Wildman–Crippen MR) is 117 cm³/mol. The molecule has 0 unspecified atom stereocenters. The lowest BCUT2D eigenvalue weighted by Gasteiger charge is -2.26. The second kappa shape index (κ2) is 7.76. The minimum Gasteiger partial charge on any atom is -0.457 e. The van der Waals surface area contributed by atoms with E-state index in [0.717, 1.165) is 59.5 Å². The Balaban J connectivity index is 1.51. The predicted octanol–water partition coefficient (Wildman–Crippen LogP) is 4.31. The van der Waals surface area contributed by atoms with Gasteiger partial charge in [-0.15, -0.1) is 0 Å². The largest absolute Gasteiger partial charge is 0.457 e. The van der Waals surface area contributed by atoms with Crippen LogP contribution in [0.1, 0.15) is 31.7 Å². The molecule has 1 aliphatic carbocycles. The van der Waals surface area contributed by atoms with E-state index in [1.165, 1.54) is 6.33 Å². The van der Waals surface area contributed by atoms with Gasteiger partial charge in [0.25, 0.3) is 0 Å². The summed E-state index contributed by atoms with van der Waals surface area (Å²) >= 11 is 0. The van der Waals surface area contributed by atoms with E-state index < -0.39 is 0 Å². The van der Waals surface area contributed by atoms with E-state index in [-0.39, 0.29) is 12.1 Å². The van der Waals surface area contributed by atoms with Gasteiger partial charge in [0.1, 0.15) is 29.3 Å². The minimum atomic E-state index is 0.274. The number of aromatic nitrogens is 4. The van der Waals surface area contributed by atoms with E-state index in [9.17, 15) is 0 Å². The highest BCUT2D eigenvalue weighted by molar-refractivity contribution is 5.98. The summed E-state index contributed by atoms with van der Waals surface area (Å²) in [5, 5.41) is 5.73. The zero-order chi connectivity index (χ0) is 20.5. The lowest BCUT2D eigenvalue weighted by molar-refractivity contribution is 0.310. The summed E-state index contributed by atoms with van der Waals surface area (Å²) < 4.78 is 7.92. The number of nitrogen functional groups attached to an aromatic ring is 1. The van der Waals surface area contributed by atoms with Gasteiger partial charge in [0, 0.05) is 11.6 Å². The first-order valence-electron chi connectivity index (χ1n) is 10.3. The molecule has 5 rings (SSSR count). The van der Waals surface area contributed by atoms with Gasteiger partial charge < -0.3 is 16.2 Å². The molecule has 0 saturated heterocycles. The molecular weight excluding hydrogens is 376 g/mol. The fourth-order valence-corrected chi connectivity index (χ4v) is 4.10. The molecule has 4 aromatic rings. The number of hydrogen-bond donors (Lipinski definition) is 2. The zero-order valence-corrected chi connectivity index (χ0v) is 16.6. The summed E-state index contributed by atoms with van der Waals surface area (Å²) in [6.45, 7) is 0. The summed E-state index contributed by atoms with van der Waals surface area (Å²) in [4.78, 5) is 8.72. The SMILES string of the molecule is Nc1ncnc2c1c(-c1ccc(Oc3ccccc3)cc1)nn2[C@H]1CC[C@H](N)CC1. The maximum absolute atomic E-state index is 6.24. The highest BCUT2D eigenvalue weighted by Crippen LogP contribution is 2.36. The van der Waals surface area contributed by atoms with Gasteiger partial charge in [-0.05, 0) is 62.1 Å². The maximum atomic E-state index is 6.24. The van der Waals surface area contributed by atoms with Gasteiger partial charge in [0.05, 0.1) is 11.4 Å². The second-order valence-corrected chi connectivity index (χ2v) is 7.76. The lowest BCUT2D eigenvalue weighted by Crippen LogP contribution is -2.28. The van der Waals surface area contributed by atoms with Crippen molar-refractivity contribution in [1.82, 2.24) is 19.7 Å². The molecule has 0 amide bonds. The highest BCUT2D eigenvalue weighted by atomic mass is 16.5. The molecule has 7 heteroatoms. The molecule has 30 heavy (non-hydrogen) atoms. The minimum absolute atomic E-state index is 0.274. The van der Waals surface area contributed by atoms with Crippen LogP contribution < -0.4 is 16.2 Å². The number of para-hydroxylation sites is 1. The van der Waals surface area contributed by atoms with E-state index >= 15 is 0 Å². The molecule has 0 radical (unpaired) electrons. The topological polar surface area (TPSA) is 105 Å². The van der Waals surface area contributed by atoms with E-state index in [2.05, 4.69) is 9.97 Å². The van der Waals surface area contributed by atoms with Crippen LogP contribution in [-0.4, -0.2) is 25.8 Å². The van der Waals surface area contributed by atoms with E-state index in [0.29, 0.717) is 5.82 Å². The Morgan fingerprint density at radius 3 is 2.30 bits per heavy atom. The number of nitrogens with zero attached hydrogens (tertiary/aromatic N) is 4. The standard InChI is InChI=1S/C23H24N6O/c24-16-8-10-17(11-9-16)29-23-20(22(25)26-14-27-23)21(28-29)15-6-12-19(13-7-15)30-18-4-2-1-3-5-18/h1-7,12-14,16-17H,8-11,24H2,(H2,25,26,27)/t16-,17-. The zero-order valence-electron chi connectivity index (χ0n) is 16.6. The second-order valence-electron chi connectivity index (χ2n) is 7.76. The summed E-state index contributed by atoms with van der Waals surface area (Å²) in [5.74, 6) is 2.01. The number of ether oxygens (including phenoxy) is 1. The Labute approximate surface area is 174 Å². The van der Waals surface area contributed by atoms with Crippen molar-refractivity contribution in [2.24, 2.45) is 5.73 Å². The van der Waals surface area contributed by atoms with Crippen LogP contribution in [0.25, 0.3) is 22.3 Å². The van der Waals surface area contributed by atoms with Crippen LogP contribution in [0.15, 0.2) is 60.9 Å². The van der Waals surface area contributed by atoms with E-state index in [1.807, 2.05) is 59.3 Å². The van der Waals surface area contributed by atoms with Crippen LogP contribution in [0.4, 0.5) is 5.82 Å². The monoisotopic (exact) mass is 400 g/mol. The first kappa shape index (κ1) is 18.6. The average Bonchev–Trinajstić information content (AvgIpc) is 3.17. The summed E-state index contributed by atoms with van der Waals surface area (Å²) in [5.41, 5.74) is 14.9. The van der Waals surface area contributed by atoms with Crippen LogP contribution >= 0.6 is 0 Å². The Bertz CT molecular complexity index is 1150. The fraction of sp³-hybridized carbons (Fsp3) is 0.261. The Morgan fingerprint density at radius 2 is 1.57 bits per heavy atom. The number of anilines is 1. The van der Waals surface area contributed by atoms with Crippen molar-refractivity contribution in [3.63, 3.8) is 0 Å². The molecule has 152 valence electrons. The van der Waals surface area contributed by atoms with Crippen molar-refractivity contribution in [3.05, 3.63) is 60.9 Å². The van der Waals surface area contributed by atoms with Gasteiger partial charge in [-0.2, -0.15) is 5.10 Å². The average molecular weight is 400 g/mol. The third-order valence-electron chi connectivity index (χ3n) is 5.71. The van der Waals surface area contributed by atoms with Crippen LogP contribution in [0.3, 0.4) is 0 Å². The van der Waals surface area contributed by atoms with E-state index in [1.54, 1.807) is 0 Å². The van der Waals surface area contributed by atoms with Gasteiger partial charge in [-0.25, -0.2) is 14.6 Å². The van der Waals surface area contributed by atoms with Gasteiger partial charge in [0.2, 0.25) is 0 Å². The molecule has 0 spiro atoms. The molecule has 1 fully saturated rings. The molecule has 0 aliphatic heterocycles. The Kier molecular flexibility index (Phi) is 4.80. The number of hydrogen-bond acceptors (Lipinski definition) is 6. The van der Waals surface area contributed by atoms with Crippen molar-refractivity contribution in [2.75, 3.05) is 5.73 Å². The summed E-state index contributed by atoms with van der Waals surface area (Å²) in [7, 11) is 0. The molecule has 0 bridgehead atoms. The van der Waals surface area contributed by atoms with Gasteiger partial charge in [0.15, 0.2) is 5.65 Å². The summed E-state index contributed by atoms with van der Waals surface area (Å²) in [6.07, 6.45) is 5.47. The lowest BCUT2D eigenvalue weighted by atomic mass is 9.92. The van der Waals surface area contributed by atoms with E-state index in [4.69, 9.17) is 21.3 Å². The number of nitrogens with two attached hydrogens (primary N) is 2. The molecule has 1 aliphatic rings. The van der Waals surface area contributed by atoms with Crippen molar-refractivity contribution in [2.45, 2.75) is 37.8 Å². The van der Waals surface area contributed by atoms with Crippen molar-refractivity contribution in [3.8, 4) is 22.8 Å². The highest BCUT2D eigenvalue weighted by Gasteiger charge is 2.25. The first-order valence-corrected chi connectivity index (χ1v) is 10.3. The van der Waals surface area contributed by atoms with Crippen LogP contribution in [0.5, 0.6) is 11.5 Å². The Morgan fingerprint density at radius 1 is 0.867 bits per heavy atom. The van der Waals surface area contributed by atoms with Crippen molar-refractivity contribution < 1.29 is 4.74 Å². The number of rotatable bonds is 4. The molecule has 7 nitrogen and oxygen atoms in total. The molecule has 2 aromatic carbocycles. The Hall–Kier alpha value is -3.45. The molecule has 2 heterocycles. The van der Waals surface area contributed by atoms with Crippen molar-refractivity contribution in [1.29, 1.82) is 0 Å². The van der Waals surface area contributed by atoms with Crippen LogP contribution in [0, 0.1) is 0 Å². The normalized spacial score (nSPS) is 19.1. The quantitative estimate of drug-likeness (QED) is 0.529. The van der Waals surface area contributed by atoms with Crippen LogP contribution in [-0.2, 0) is 0 Å². The van der Waals surface area contributed by atoms with Crippen LogP contribution in [0.2, 0.25) is 0 Å². The fourth-order valence-electron chi connectivity index (χ4n) is 4.10. The van der Waals surface area contributed by atoms with Gasteiger partial charge in [-0.1, -0.05) is 18.2 Å². The third-order valence-corrected chi connectivity index (χ3v) is 5.71. The molecule has 4 N–H and O–H groups in total. The number of fused-ring (bicyclic) bond motifs is 1. The molecule has 1 saturated carbocycles.